The Morgan fingerprint density at radius 1 is 1.25 bits per heavy atom. The average molecular weight is 304 g/mol. The minimum Gasteiger partial charge on any atom is -0.478 e. The Balaban J connectivity index is 0.000000367. The predicted molar refractivity (Wildman–Crippen MR) is 74.6 cm³/mol. The van der Waals surface area contributed by atoms with Gasteiger partial charge in [-0.25, -0.2) is 4.79 Å². The third-order valence-electron chi connectivity index (χ3n) is 2.57. The van der Waals surface area contributed by atoms with Crippen LogP contribution in [0.25, 0.3) is 0 Å². The SMILES string of the molecule is CCCC([C](=O)[K])C(=O)OC.O=C(O)c1ccccc1. The summed E-state index contributed by atoms with van der Waals surface area (Å²) in [5.41, 5.74) is 0.331. The second-order valence-corrected chi connectivity index (χ2v) is 5.69. The van der Waals surface area contributed by atoms with Crippen molar-refractivity contribution in [1.82, 2.24) is 0 Å². The van der Waals surface area contributed by atoms with Crippen LogP contribution in [0.4, 0.5) is 0 Å². The van der Waals surface area contributed by atoms with E-state index in [1.165, 1.54) is 7.11 Å². The van der Waals surface area contributed by atoms with E-state index in [0.29, 0.717) is 12.0 Å². The van der Waals surface area contributed by atoms with Gasteiger partial charge in [0.1, 0.15) is 0 Å². The topological polar surface area (TPSA) is 80.7 Å². The number of carboxylic acids is 1. The molecule has 0 amide bonds. The largest absolute Gasteiger partial charge is 0.478 e. The fourth-order valence-corrected chi connectivity index (χ4v) is 2.32. The first-order valence-corrected chi connectivity index (χ1v) is 7.86. The standard InChI is InChI=1S/C7H11O3.C7H6O2.K/c1-3-4-6(5-8)7(9)10-2;8-7(9)6-4-2-1-3-5-6;/h6H,3-4H2,1-2H3;1-5H,(H,8,9);. The third kappa shape index (κ3) is 7.91. The Morgan fingerprint density at radius 3 is 2.10 bits per heavy atom. The van der Waals surface area contributed by atoms with Crippen LogP contribution in [-0.4, -0.2) is 73.0 Å². The second-order valence-electron chi connectivity index (χ2n) is 4.15. The molecule has 0 aromatic heterocycles. The minimum atomic E-state index is -0.879. The molecule has 1 aromatic carbocycles. The molecule has 1 unspecified atom stereocenters. The van der Waals surface area contributed by atoms with Crippen LogP contribution in [0.15, 0.2) is 30.3 Å². The molecule has 0 fully saturated rings. The smallest absolute Gasteiger partial charge is 0.335 e. The second kappa shape index (κ2) is 11.2. The van der Waals surface area contributed by atoms with E-state index in [4.69, 9.17) is 5.11 Å². The summed E-state index contributed by atoms with van der Waals surface area (Å²) in [5.74, 6) is -1.72. The number of rotatable bonds is 5. The summed E-state index contributed by atoms with van der Waals surface area (Å²) >= 11 is 0.0844. The molecular formula is C14H17KO5. The van der Waals surface area contributed by atoms with Gasteiger partial charge in [-0.1, -0.05) is 18.2 Å². The molecule has 104 valence electrons. The summed E-state index contributed by atoms with van der Waals surface area (Å²) in [6, 6.07) is 8.30. The van der Waals surface area contributed by atoms with Crippen molar-refractivity contribution < 1.29 is 24.2 Å². The fraction of sp³-hybridized carbons (Fsp3) is 0.357. The molecule has 1 aromatic rings. The number of carboxylic acid groups (broad SMARTS) is 1. The van der Waals surface area contributed by atoms with Gasteiger partial charge >= 0.3 is 108 Å². The quantitative estimate of drug-likeness (QED) is 0.508. The van der Waals surface area contributed by atoms with Crippen LogP contribution in [0, 0.1) is 5.92 Å². The Hall–Kier alpha value is -0.534. The van der Waals surface area contributed by atoms with E-state index in [0.717, 1.165) is 6.42 Å². The Bertz CT molecular complexity index is 444. The van der Waals surface area contributed by atoms with Gasteiger partial charge in [-0.2, -0.15) is 0 Å². The van der Waals surface area contributed by atoms with Crippen molar-refractivity contribution in [3.8, 4) is 0 Å². The molecule has 1 rings (SSSR count). The van der Waals surface area contributed by atoms with Gasteiger partial charge in [-0.15, -0.1) is 0 Å². The van der Waals surface area contributed by atoms with Gasteiger partial charge in [0, 0.05) is 0 Å². The molecule has 1 N–H and O–H groups in total. The molecule has 0 bridgehead atoms. The Morgan fingerprint density at radius 2 is 1.80 bits per heavy atom. The summed E-state index contributed by atoms with van der Waals surface area (Å²) in [7, 11) is 1.32. The summed E-state index contributed by atoms with van der Waals surface area (Å²) in [4.78, 5) is 32.0. The molecule has 0 aliphatic carbocycles. The minimum absolute atomic E-state index is 0.0752. The van der Waals surface area contributed by atoms with Gasteiger partial charge in [-0.05, 0) is 12.1 Å². The number of methoxy groups -OCH3 is 1. The van der Waals surface area contributed by atoms with E-state index in [9.17, 15) is 14.4 Å². The van der Waals surface area contributed by atoms with Gasteiger partial charge in [-0.3, -0.25) is 0 Å². The molecule has 6 heteroatoms. The summed E-state index contributed by atoms with van der Waals surface area (Å²) in [5, 5.41) is 8.38. The number of aromatic carboxylic acids is 1. The number of carbonyl (C=O) groups is 3. The van der Waals surface area contributed by atoms with Crippen LogP contribution in [0.1, 0.15) is 30.1 Å². The van der Waals surface area contributed by atoms with Crippen LogP contribution >= 0.6 is 0 Å². The molecule has 0 saturated heterocycles. The van der Waals surface area contributed by atoms with Crippen LogP contribution in [-0.2, 0) is 14.3 Å². The molecule has 20 heavy (non-hydrogen) atoms. The maximum absolute atomic E-state index is 10.9. The van der Waals surface area contributed by atoms with E-state index in [1.54, 1.807) is 30.3 Å². The first kappa shape index (κ1) is 19.5. The molecular weight excluding hydrogens is 287 g/mol. The van der Waals surface area contributed by atoms with Gasteiger partial charge in [0.15, 0.2) is 0 Å². The zero-order valence-corrected chi connectivity index (χ0v) is 15.1. The third-order valence-corrected chi connectivity index (χ3v) is 3.66. The Labute approximate surface area is 152 Å². The van der Waals surface area contributed by atoms with E-state index >= 15 is 0 Å². The van der Waals surface area contributed by atoms with E-state index in [-0.39, 0.29) is 54.8 Å². The number of esters is 1. The molecule has 1 atom stereocenters. The van der Waals surface area contributed by atoms with Crippen molar-refractivity contribution >= 4 is 60.8 Å². The maximum Gasteiger partial charge on any atom is 0.335 e. The van der Waals surface area contributed by atoms with E-state index in [1.807, 2.05) is 6.92 Å². The van der Waals surface area contributed by atoms with E-state index < -0.39 is 11.9 Å². The van der Waals surface area contributed by atoms with Crippen molar-refractivity contribution in [2.75, 3.05) is 7.11 Å². The van der Waals surface area contributed by atoms with Crippen molar-refractivity contribution in [2.45, 2.75) is 19.8 Å². The van der Waals surface area contributed by atoms with Crippen molar-refractivity contribution in [2.24, 2.45) is 5.92 Å². The zero-order valence-electron chi connectivity index (χ0n) is 12.0. The van der Waals surface area contributed by atoms with Gasteiger partial charge in [0.25, 0.3) is 0 Å². The van der Waals surface area contributed by atoms with E-state index in [2.05, 4.69) is 4.74 Å². The molecule has 0 aliphatic rings. The van der Waals surface area contributed by atoms with Crippen molar-refractivity contribution in [3.63, 3.8) is 0 Å². The summed E-state index contributed by atoms with van der Waals surface area (Å²) in [6.07, 6.45) is 1.48. The number of hydrogen-bond acceptors (Lipinski definition) is 4. The fourth-order valence-electron chi connectivity index (χ4n) is 1.50. The molecule has 0 spiro atoms. The monoisotopic (exact) mass is 304 g/mol. The van der Waals surface area contributed by atoms with Crippen LogP contribution in [0.3, 0.4) is 0 Å². The zero-order chi connectivity index (χ0) is 15.5. The molecule has 5 nitrogen and oxygen atoms in total. The summed E-state index contributed by atoms with van der Waals surface area (Å²) < 4.78 is 4.57. The Kier molecular flexibility index (Phi) is 10.9. The van der Waals surface area contributed by atoms with Crippen LogP contribution in [0.5, 0.6) is 0 Å². The van der Waals surface area contributed by atoms with Gasteiger partial charge < -0.3 is 5.11 Å². The van der Waals surface area contributed by atoms with Gasteiger partial charge in [0.2, 0.25) is 0 Å². The number of ether oxygens (including phenoxy) is 1. The van der Waals surface area contributed by atoms with Crippen LogP contribution < -0.4 is 0 Å². The first-order valence-electron chi connectivity index (χ1n) is 6.30. The average Bonchev–Trinajstić information content (AvgIpc) is 2.45. The van der Waals surface area contributed by atoms with Gasteiger partial charge in [0.05, 0.1) is 5.56 Å². The molecule has 0 radical (unpaired) electrons. The first-order chi connectivity index (χ1) is 9.43. The van der Waals surface area contributed by atoms with Crippen molar-refractivity contribution in [3.05, 3.63) is 35.9 Å². The number of carbonyl (C=O) groups excluding carboxylic acids is 2. The molecule has 0 saturated carbocycles. The summed E-state index contributed by atoms with van der Waals surface area (Å²) in [6.45, 7) is 1.95. The number of benzene rings is 1. The number of hydrogen-bond donors (Lipinski definition) is 1. The van der Waals surface area contributed by atoms with Crippen LogP contribution in [0.2, 0.25) is 0 Å². The molecule has 0 heterocycles. The maximum atomic E-state index is 10.9. The van der Waals surface area contributed by atoms with Crippen molar-refractivity contribution in [1.29, 1.82) is 0 Å². The normalized spacial score (nSPS) is 10.8. The predicted octanol–water partition coefficient (Wildman–Crippen LogP) is 1.66. The molecule has 0 aliphatic heterocycles.